The molecule has 0 amide bonds. The molecule has 0 aliphatic heterocycles. The van der Waals surface area contributed by atoms with Gasteiger partial charge in [0.1, 0.15) is 0 Å². The van der Waals surface area contributed by atoms with Crippen LogP contribution in [0.2, 0.25) is 0 Å². The highest BCUT2D eigenvalue weighted by Gasteiger charge is 2.15. The van der Waals surface area contributed by atoms with Gasteiger partial charge in [-0.2, -0.15) is 4.99 Å². The van der Waals surface area contributed by atoms with Gasteiger partial charge in [0.15, 0.2) is 0 Å². The van der Waals surface area contributed by atoms with Crippen LogP contribution in [0.15, 0.2) is 22.0 Å². The molecular weight excluding hydrogens is 258 g/mol. The van der Waals surface area contributed by atoms with Crippen molar-refractivity contribution in [3.05, 3.63) is 23.3 Å². The summed E-state index contributed by atoms with van der Waals surface area (Å²) in [6, 6.07) is 4.49. The molecule has 98 valence electrons. The Morgan fingerprint density at radius 2 is 1.67 bits per heavy atom. The molecule has 0 fully saturated rings. The Balaban J connectivity index is 3.49. The molecule has 0 bridgehead atoms. The fourth-order valence-corrected chi connectivity index (χ4v) is 2.80. The van der Waals surface area contributed by atoms with E-state index in [2.05, 4.69) is 56.9 Å². The minimum Gasteiger partial charge on any atom is -0.194 e. The molecule has 3 heteroatoms. The highest BCUT2D eigenvalue weighted by molar-refractivity contribution is 7.99. The first kappa shape index (κ1) is 15.4. The Kier molecular flexibility index (Phi) is 6.07. The van der Waals surface area contributed by atoms with Gasteiger partial charge in [0.25, 0.3) is 0 Å². The summed E-state index contributed by atoms with van der Waals surface area (Å²) in [5.74, 6) is 1.98. The van der Waals surface area contributed by atoms with Crippen molar-refractivity contribution in [3.63, 3.8) is 0 Å². The largest absolute Gasteiger partial charge is 0.194 e. The first-order chi connectivity index (χ1) is 8.51. The zero-order valence-corrected chi connectivity index (χ0v) is 13.4. The summed E-state index contributed by atoms with van der Waals surface area (Å²) in [6.07, 6.45) is 0. The van der Waals surface area contributed by atoms with E-state index in [1.54, 1.807) is 0 Å². The molecule has 0 atom stereocenters. The Morgan fingerprint density at radius 3 is 2.00 bits per heavy atom. The molecule has 0 unspecified atom stereocenters. The maximum atomic E-state index is 4.79. The fourth-order valence-electron chi connectivity index (χ4n) is 1.96. The van der Waals surface area contributed by atoms with Crippen LogP contribution in [0, 0.1) is 0 Å². The molecule has 0 saturated heterocycles. The number of thioether (sulfide) groups is 1. The molecule has 0 saturated carbocycles. The smallest absolute Gasteiger partial charge is 0.0809 e. The number of hydrogen-bond acceptors (Lipinski definition) is 3. The Hall–Kier alpha value is -0.630. The predicted octanol–water partition coefficient (Wildman–Crippen LogP) is 5.78. The summed E-state index contributed by atoms with van der Waals surface area (Å²) in [7, 11) is 0. The minimum absolute atomic E-state index is 0.446. The quantitative estimate of drug-likeness (QED) is 0.385. The average molecular weight is 279 g/mol. The van der Waals surface area contributed by atoms with Crippen molar-refractivity contribution >= 4 is 34.8 Å². The van der Waals surface area contributed by atoms with Crippen LogP contribution in [0.1, 0.15) is 57.6 Å². The second-order valence-corrected chi connectivity index (χ2v) is 6.42. The van der Waals surface area contributed by atoms with Crippen LogP contribution >= 0.6 is 24.0 Å². The summed E-state index contributed by atoms with van der Waals surface area (Å²) >= 11 is 6.67. The summed E-state index contributed by atoms with van der Waals surface area (Å²) in [5, 5.41) is 2.53. The number of rotatable bonds is 5. The average Bonchev–Trinajstić information content (AvgIpc) is 2.30. The summed E-state index contributed by atoms with van der Waals surface area (Å²) in [4.78, 5) is 5.63. The van der Waals surface area contributed by atoms with Crippen molar-refractivity contribution < 1.29 is 0 Å². The van der Waals surface area contributed by atoms with E-state index in [1.807, 2.05) is 11.8 Å². The number of isothiocyanates is 1. The molecule has 1 nitrogen and oxygen atoms in total. The lowest BCUT2D eigenvalue weighted by atomic mass is 9.93. The van der Waals surface area contributed by atoms with E-state index in [-0.39, 0.29) is 0 Å². The number of thiocarbonyl (C=S) groups is 1. The zero-order valence-electron chi connectivity index (χ0n) is 11.8. The molecule has 18 heavy (non-hydrogen) atoms. The van der Waals surface area contributed by atoms with Crippen LogP contribution in [0.25, 0.3) is 0 Å². The molecule has 0 spiro atoms. The standard InChI is InChI=1S/C15H21NS2/c1-6-18-12-7-13(10(2)3)15(16-9-17)14(8-12)11(4)5/h7-8,10-11H,6H2,1-5H3. The van der Waals surface area contributed by atoms with Gasteiger partial charge in [0.05, 0.1) is 10.8 Å². The highest BCUT2D eigenvalue weighted by atomic mass is 32.2. The van der Waals surface area contributed by atoms with Crippen molar-refractivity contribution in [2.45, 2.75) is 51.3 Å². The van der Waals surface area contributed by atoms with Crippen molar-refractivity contribution in [3.8, 4) is 0 Å². The molecule has 1 aromatic carbocycles. The molecule has 0 N–H and O–H groups in total. The van der Waals surface area contributed by atoms with Gasteiger partial charge < -0.3 is 0 Å². The lowest BCUT2D eigenvalue weighted by Gasteiger charge is -2.17. The third-order valence-corrected chi connectivity index (χ3v) is 3.80. The lowest BCUT2D eigenvalue weighted by molar-refractivity contribution is 0.828. The molecule has 1 rings (SSSR count). The van der Waals surface area contributed by atoms with E-state index in [1.165, 1.54) is 16.0 Å². The van der Waals surface area contributed by atoms with Gasteiger partial charge in [0, 0.05) is 4.90 Å². The van der Waals surface area contributed by atoms with Crippen LogP contribution in [-0.2, 0) is 0 Å². The number of benzene rings is 1. The van der Waals surface area contributed by atoms with Crippen molar-refractivity contribution in [1.29, 1.82) is 0 Å². The van der Waals surface area contributed by atoms with Gasteiger partial charge in [-0.25, -0.2) is 0 Å². The summed E-state index contributed by atoms with van der Waals surface area (Å²) in [6.45, 7) is 11.0. The van der Waals surface area contributed by atoms with Gasteiger partial charge in [-0.15, -0.1) is 11.8 Å². The number of nitrogens with zero attached hydrogens (tertiary/aromatic N) is 1. The van der Waals surface area contributed by atoms with E-state index in [9.17, 15) is 0 Å². The first-order valence-corrected chi connectivity index (χ1v) is 7.79. The second kappa shape index (κ2) is 7.08. The maximum absolute atomic E-state index is 4.79. The second-order valence-electron chi connectivity index (χ2n) is 4.90. The van der Waals surface area contributed by atoms with E-state index < -0.39 is 0 Å². The third-order valence-electron chi connectivity index (χ3n) is 2.85. The monoisotopic (exact) mass is 279 g/mol. The third kappa shape index (κ3) is 3.68. The minimum atomic E-state index is 0.446. The Bertz CT molecular complexity index is 429. The molecule has 0 radical (unpaired) electrons. The Labute approximate surface area is 120 Å². The predicted molar refractivity (Wildman–Crippen MR) is 85.7 cm³/mol. The molecule has 0 aliphatic carbocycles. The van der Waals surface area contributed by atoms with Crippen LogP contribution in [0.5, 0.6) is 0 Å². The fraction of sp³-hybridized carbons (Fsp3) is 0.533. The van der Waals surface area contributed by atoms with E-state index in [0.717, 1.165) is 11.4 Å². The zero-order chi connectivity index (χ0) is 13.7. The van der Waals surface area contributed by atoms with Crippen LogP contribution in [0.4, 0.5) is 5.69 Å². The lowest BCUT2D eigenvalue weighted by Crippen LogP contribution is -1.97. The topological polar surface area (TPSA) is 12.4 Å². The highest BCUT2D eigenvalue weighted by Crippen LogP contribution is 2.38. The summed E-state index contributed by atoms with van der Waals surface area (Å²) in [5.41, 5.74) is 3.57. The van der Waals surface area contributed by atoms with Crippen LogP contribution < -0.4 is 0 Å². The van der Waals surface area contributed by atoms with E-state index in [0.29, 0.717) is 11.8 Å². The first-order valence-electron chi connectivity index (χ1n) is 6.39. The molecule has 0 aromatic heterocycles. The van der Waals surface area contributed by atoms with E-state index >= 15 is 0 Å². The van der Waals surface area contributed by atoms with Gasteiger partial charge in [-0.3, -0.25) is 0 Å². The van der Waals surface area contributed by atoms with Gasteiger partial charge in [-0.05, 0) is 53.1 Å². The SMILES string of the molecule is CCSc1cc(C(C)C)c(N=C=S)c(C(C)C)c1. The molecule has 0 aliphatic rings. The molecule has 0 heterocycles. The van der Waals surface area contributed by atoms with Crippen molar-refractivity contribution in [2.75, 3.05) is 5.75 Å². The van der Waals surface area contributed by atoms with Gasteiger partial charge >= 0.3 is 0 Å². The summed E-state index contributed by atoms with van der Waals surface area (Å²) < 4.78 is 0. The van der Waals surface area contributed by atoms with Crippen LogP contribution in [-0.4, -0.2) is 10.9 Å². The number of aliphatic imine (C=N–C) groups is 1. The van der Waals surface area contributed by atoms with Gasteiger partial charge in [-0.1, -0.05) is 34.6 Å². The van der Waals surface area contributed by atoms with Crippen LogP contribution in [0.3, 0.4) is 0 Å². The maximum Gasteiger partial charge on any atom is 0.0809 e. The normalized spacial score (nSPS) is 10.8. The van der Waals surface area contributed by atoms with E-state index in [4.69, 9.17) is 12.2 Å². The van der Waals surface area contributed by atoms with Crippen molar-refractivity contribution in [2.24, 2.45) is 4.99 Å². The molecule has 1 aromatic rings. The molecular formula is C15H21NS2. The number of hydrogen-bond donors (Lipinski definition) is 0. The Morgan fingerprint density at radius 1 is 1.17 bits per heavy atom. The van der Waals surface area contributed by atoms with Crippen molar-refractivity contribution in [1.82, 2.24) is 0 Å². The van der Waals surface area contributed by atoms with Gasteiger partial charge in [0.2, 0.25) is 0 Å².